The second kappa shape index (κ2) is 25.6. The normalized spacial score (nSPS) is 10.9. The molecule has 70 heavy (non-hydrogen) atoms. The van der Waals surface area contributed by atoms with E-state index in [9.17, 15) is 60.4 Å². The molecule has 0 aliphatic heterocycles. The second-order valence-corrected chi connectivity index (χ2v) is 20.5. The van der Waals surface area contributed by atoms with Crippen LogP contribution in [0.15, 0.2) is 143 Å². The Morgan fingerprint density at radius 2 is 0.729 bits per heavy atom. The van der Waals surface area contributed by atoms with Gasteiger partial charge in [-0.25, -0.2) is 60.4 Å². The number of hydrogen-bond acceptors (Lipinski definition) is 11. The van der Waals surface area contributed by atoms with Crippen LogP contribution in [0.4, 0.5) is 63.6 Å². The number of hydrogen-bond donors (Lipinski definition) is 4. The van der Waals surface area contributed by atoms with E-state index in [4.69, 9.17) is 45.5 Å². The predicted molar refractivity (Wildman–Crippen MR) is 253 cm³/mol. The molecule has 0 unspecified atom stereocenters. The summed E-state index contributed by atoms with van der Waals surface area (Å²) in [5.74, 6) is -15.4. The number of benzene rings is 5. The highest BCUT2D eigenvalue weighted by molar-refractivity contribution is 8.13. The first-order chi connectivity index (χ1) is 32.6. The van der Waals surface area contributed by atoms with Crippen LogP contribution >= 0.6 is 45.5 Å². The molecule has 0 bridgehead atoms. The third-order valence-electron chi connectivity index (χ3n) is 8.16. The van der Waals surface area contributed by atoms with Gasteiger partial charge in [0.2, 0.25) is 0 Å². The predicted octanol–water partition coefficient (Wildman–Crippen LogP) is 11.1. The van der Waals surface area contributed by atoms with Gasteiger partial charge in [0.25, 0.3) is 29.1 Å². The zero-order chi connectivity index (χ0) is 52.7. The molecule has 0 aliphatic rings. The molecule has 0 aliphatic carbocycles. The second-order valence-electron chi connectivity index (χ2n) is 13.2. The highest BCUT2D eigenvalue weighted by Crippen LogP contribution is 2.34. The number of nitrogens with two attached hydrogens (primary N) is 2. The Hall–Kier alpha value is -6.15. The molecule has 0 fully saturated rings. The van der Waals surface area contributed by atoms with Crippen molar-refractivity contribution in [3.05, 3.63) is 190 Å². The number of nitrogen functional groups attached to an aromatic ring is 2. The molecule has 13 nitrogen and oxygen atoms in total. The first-order valence-corrected chi connectivity index (χ1v) is 24.9. The van der Waals surface area contributed by atoms with Crippen molar-refractivity contribution in [3.63, 3.8) is 0 Å². The number of pyridine rings is 2. The van der Waals surface area contributed by atoms with Crippen molar-refractivity contribution in [2.24, 2.45) is 0 Å². The van der Waals surface area contributed by atoms with Gasteiger partial charge in [-0.1, -0.05) is 40.9 Å². The number of nitrogens with zero attached hydrogens (tertiary/aromatic N) is 3. The third-order valence-corrected chi connectivity index (χ3v) is 13.0. The highest BCUT2D eigenvalue weighted by Gasteiger charge is 2.31. The smallest absolute Gasteiger partial charge is 0.262 e. The molecule has 2 aromatic heterocycles. The van der Waals surface area contributed by atoms with Crippen LogP contribution in [0.5, 0.6) is 0 Å². The van der Waals surface area contributed by atoms with E-state index in [1.54, 1.807) is 24.8 Å². The average molecular weight is 1120 g/mol. The van der Waals surface area contributed by atoms with E-state index in [1.165, 1.54) is 63.7 Å². The Morgan fingerprint density at radius 3 is 0.957 bits per heavy atom. The minimum atomic E-state index is -4.68. The molecule has 2 heterocycles. The maximum absolute atomic E-state index is 14.5. The van der Waals surface area contributed by atoms with Crippen LogP contribution in [0.25, 0.3) is 0 Å². The molecule has 0 saturated heterocycles. The molecule has 28 heteroatoms. The van der Waals surface area contributed by atoms with Crippen molar-refractivity contribution in [1.29, 1.82) is 0 Å². The molecule has 0 atom stereocenters. The molecular formula is C42H33Cl4F8N7O6S3. The van der Waals surface area contributed by atoms with Crippen molar-refractivity contribution >= 4 is 103 Å². The van der Waals surface area contributed by atoms with Gasteiger partial charge in [-0.3, -0.25) is 19.4 Å². The van der Waals surface area contributed by atoms with Crippen LogP contribution in [-0.4, -0.2) is 49.3 Å². The van der Waals surface area contributed by atoms with E-state index >= 15 is 0 Å². The Balaban J connectivity index is 0.000000275. The van der Waals surface area contributed by atoms with Crippen LogP contribution in [-0.2, 0) is 29.1 Å². The van der Waals surface area contributed by atoms with Gasteiger partial charge in [0, 0.05) is 70.3 Å². The number of halogens is 12. The topological polar surface area (TPSA) is 208 Å². The molecule has 374 valence electrons. The fourth-order valence-electron chi connectivity index (χ4n) is 4.64. The molecule has 0 saturated carbocycles. The Morgan fingerprint density at radius 1 is 0.443 bits per heavy atom. The molecule has 7 rings (SSSR count). The minimum Gasteiger partial charge on any atom is -0.394 e. The van der Waals surface area contributed by atoms with Gasteiger partial charge in [-0.2, -0.15) is 0 Å². The van der Waals surface area contributed by atoms with E-state index in [2.05, 4.69) is 21.4 Å². The number of anilines is 5. The maximum Gasteiger partial charge on any atom is 0.262 e. The van der Waals surface area contributed by atoms with Gasteiger partial charge in [-0.15, -0.1) is 0 Å². The molecule has 0 spiro atoms. The van der Waals surface area contributed by atoms with Crippen molar-refractivity contribution < 1.29 is 60.4 Å². The van der Waals surface area contributed by atoms with Crippen molar-refractivity contribution in [2.75, 3.05) is 39.9 Å². The highest BCUT2D eigenvalue weighted by atomic mass is 35.7. The molecule has 0 radical (unpaired) electrons. The minimum absolute atomic E-state index is 0.0589. The SMILES string of the molecule is CN(C)c1ccncc1.Nc1c(F)c(F)c(N)c(F)c1F.O=S(=O)(Cl)c1ccc(Cl)cc1.O=S(=O)(Nc1c(F)c(F)c(NS(=O)(=O)c2ccc(Cl)cc2)c(F)c1F)c1ccc(Cl)cc1.c1ccncc1. The molecular weight excluding hydrogens is 1090 g/mol. The van der Waals surface area contributed by atoms with Crippen LogP contribution in [0.3, 0.4) is 0 Å². The quantitative estimate of drug-likeness (QED) is 0.0487. The lowest BCUT2D eigenvalue weighted by Crippen LogP contribution is -2.20. The summed E-state index contributed by atoms with van der Waals surface area (Å²) in [6.45, 7) is 0. The van der Waals surface area contributed by atoms with Crippen molar-refractivity contribution in [2.45, 2.75) is 14.7 Å². The van der Waals surface area contributed by atoms with E-state index < -0.39 is 108 Å². The summed E-state index contributed by atoms with van der Waals surface area (Å²) in [5, 5.41) is 0.806. The Bertz CT molecular complexity index is 2950. The molecule has 7 aromatic rings. The summed E-state index contributed by atoms with van der Waals surface area (Å²) < 4.78 is 181. The van der Waals surface area contributed by atoms with Crippen molar-refractivity contribution in [1.82, 2.24) is 9.97 Å². The number of aromatic nitrogens is 2. The average Bonchev–Trinajstić information content (AvgIpc) is 3.33. The fraction of sp³-hybridized carbons (Fsp3) is 0.0476. The standard InChI is InChI=1S/C18H10Cl2F4N2O4S2.C7H10N2.C6H4Cl2O2S.C6H4F4N2.C5H5N/c19-9-1-5-11(6-2-9)31(27,28)25-17-13(21)15(23)18(16(24)14(17)22)26-32(29,30)12-7-3-10(20)4-8-12;1-9(2)7-3-5-8-6-4-7;7-5-1-3-6(4-2-5)11(8,9)10;7-1-2(8)6(12)4(10)3(9)5(1)11;1-2-4-6-5-3-1/h1-8,25-26H;3-6H,1-2H3;1-4H;11-12H2;1-5H. The van der Waals surface area contributed by atoms with Gasteiger partial charge in [0.1, 0.15) is 22.7 Å². The monoisotopic (exact) mass is 1120 g/mol. The summed E-state index contributed by atoms with van der Waals surface area (Å²) in [6.07, 6.45) is 7.07. The summed E-state index contributed by atoms with van der Waals surface area (Å²) in [7, 11) is -3.90. The number of rotatable bonds is 8. The summed E-state index contributed by atoms with van der Waals surface area (Å²) in [6, 6.07) is 23.9. The van der Waals surface area contributed by atoms with E-state index in [0.29, 0.717) is 5.02 Å². The maximum atomic E-state index is 14.5. The molecule has 0 amide bonds. The van der Waals surface area contributed by atoms with Crippen LogP contribution in [0.1, 0.15) is 0 Å². The van der Waals surface area contributed by atoms with Gasteiger partial charge in [0.15, 0.2) is 46.5 Å². The lowest BCUT2D eigenvalue weighted by molar-refractivity contribution is 0.465. The van der Waals surface area contributed by atoms with Gasteiger partial charge in [-0.05, 0) is 97.1 Å². The first kappa shape index (κ1) is 58.2. The Kier molecular flexibility index (Phi) is 21.3. The summed E-state index contributed by atoms with van der Waals surface area (Å²) in [5.41, 5.74) is 4.75. The lowest BCUT2D eigenvalue weighted by atomic mass is 10.2. The zero-order valence-electron chi connectivity index (χ0n) is 35.3. The summed E-state index contributed by atoms with van der Waals surface area (Å²) in [4.78, 5) is 8.78. The van der Waals surface area contributed by atoms with Crippen molar-refractivity contribution in [3.8, 4) is 0 Å². The van der Waals surface area contributed by atoms with Gasteiger partial charge >= 0.3 is 0 Å². The Labute approximate surface area is 415 Å². The van der Waals surface area contributed by atoms with E-state index in [0.717, 1.165) is 24.3 Å². The van der Waals surface area contributed by atoms with E-state index in [1.807, 2.05) is 49.3 Å². The van der Waals surface area contributed by atoms with Crippen LogP contribution < -0.4 is 25.8 Å². The zero-order valence-corrected chi connectivity index (χ0v) is 40.8. The molecule has 6 N–H and O–H groups in total. The van der Waals surface area contributed by atoms with Crippen LogP contribution in [0, 0.1) is 46.5 Å². The number of sulfonamides is 2. The fourth-order valence-corrected chi connectivity index (χ4v) is 7.91. The lowest BCUT2D eigenvalue weighted by Gasteiger charge is -2.15. The van der Waals surface area contributed by atoms with Gasteiger partial charge in [0.05, 0.1) is 14.7 Å². The summed E-state index contributed by atoms with van der Waals surface area (Å²) >= 11 is 16.8. The first-order valence-electron chi connectivity index (χ1n) is 18.5. The molecule has 5 aromatic carbocycles. The van der Waals surface area contributed by atoms with Crippen LogP contribution in [0.2, 0.25) is 15.1 Å². The third kappa shape index (κ3) is 16.5. The van der Waals surface area contributed by atoms with Gasteiger partial charge < -0.3 is 16.4 Å². The van der Waals surface area contributed by atoms with E-state index in [-0.39, 0.29) is 14.9 Å². The largest absolute Gasteiger partial charge is 0.394 e. The number of nitrogens with one attached hydrogen (secondary N) is 2.